The fraction of sp³-hybridized carbons (Fsp3) is 0.333. The van der Waals surface area contributed by atoms with Gasteiger partial charge in [0.2, 0.25) is 5.91 Å². The van der Waals surface area contributed by atoms with Crippen molar-refractivity contribution in [1.82, 2.24) is 10.6 Å². The molecule has 6 nitrogen and oxygen atoms in total. The molecule has 0 unspecified atom stereocenters. The van der Waals surface area contributed by atoms with Crippen LogP contribution in [0.1, 0.15) is 23.1 Å². The van der Waals surface area contributed by atoms with Crippen LogP contribution in [0.25, 0.3) is 0 Å². The first-order valence-corrected chi connectivity index (χ1v) is 9.71. The summed E-state index contributed by atoms with van der Waals surface area (Å²) in [5, 5.41) is 9.28. The standard InChI is InChI=1S/C21H25ClF2N4O2.HI/c1-13-5-7-18(30-20(23)24)15(10-13)12-27-21(25-3)26-9-8-19(29)28-17-6-4-14(2)11-16(17)22;/h4-7,10-11,20H,8-9,12H2,1-3H3,(H,28,29)(H2,25,26,27);1H. The van der Waals surface area contributed by atoms with Gasteiger partial charge < -0.3 is 20.7 Å². The highest BCUT2D eigenvalue weighted by atomic mass is 127. The van der Waals surface area contributed by atoms with E-state index in [1.807, 2.05) is 19.9 Å². The zero-order valence-electron chi connectivity index (χ0n) is 17.5. The van der Waals surface area contributed by atoms with Gasteiger partial charge in [-0.05, 0) is 37.6 Å². The van der Waals surface area contributed by atoms with Crippen LogP contribution in [0, 0.1) is 13.8 Å². The summed E-state index contributed by atoms with van der Waals surface area (Å²) in [6.07, 6.45) is 0.190. The van der Waals surface area contributed by atoms with Gasteiger partial charge in [-0.3, -0.25) is 9.79 Å². The number of halogens is 4. The van der Waals surface area contributed by atoms with Crippen LogP contribution in [0.3, 0.4) is 0 Å². The number of guanidine groups is 1. The van der Waals surface area contributed by atoms with Crippen molar-refractivity contribution < 1.29 is 18.3 Å². The number of carbonyl (C=O) groups excluding carboxylic acids is 1. The van der Waals surface area contributed by atoms with Gasteiger partial charge in [0, 0.05) is 32.1 Å². The Morgan fingerprint density at radius 3 is 2.45 bits per heavy atom. The van der Waals surface area contributed by atoms with Gasteiger partial charge in [0.25, 0.3) is 0 Å². The fourth-order valence-corrected chi connectivity index (χ4v) is 2.97. The van der Waals surface area contributed by atoms with Crippen molar-refractivity contribution in [1.29, 1.82) is 0 Å². The monoisotopic (exact) mass is 566 g/mol. The number of hydrogen-bond donors (Lipinski definition) is 3. The average Bonchev–Trinajstić information content (AvgIpc) is 2.68. The highest BCUT2D eigenvalue weighted by molar-refractivity contribution is 14.0. The molecule has 0 aliphatic carbocycles. The third-order valence-corrected chi connectivity index (χ3v) is 4.46. The molecule has 0 saturated heterocycles. The van der Waals surface area contributed by atoms with Gasteiger partial charge in [-0.1, -0.05) is 35.4 Å². The lowest BCUT2D eigenvalue weighted by atomic mass is 10.1. The van der Waals surface area contributed by atoms with Crippen LogP contribution in [0.5, 0.6) is 5.75 Å². The second kappa shape index (κ2) is 13.3. The maximum absolute atomic E-state index is 12.6. The Morgan fingerprint density at radius 1 is 1.13 bits per heavy atom. The molecule has 0 atom stereocenters. The third kappa shape index (κ3) is 9.26. The van der Waals surface area contributed by atoms with Crippen LogP contribution in [0.15, 0.2) is 41.4 Å². The second-order valence-electron chi connectivity index (χ2n) is 6.62. The Hall–Kier alpha value is -2.14. The SMILES string of the molecule is CN=C(NCCC(=O)Nc1ccc(C)cc1Cl)NCc1cc(C)ccc1OC(F)F.I. The molecule has 10 heteroatoms. The van der Waals surface area contributed by atoms with E-state index in [9.17, 15) is 13.6 Å². The molecule has 0 aliphatic heterocycles. The average molecular weight is 567 g/mol. The third-order valence-electron chi connectivity index (χ3n) is 4.15. The van der Waals surface area contributed by atoms with Crippen molar-refractivity contribution in [2.45, 2.75) is 33.4 Å². The molecule has 2 rings (SSSR count). The first-order valence-electron chi connectivity index (χ1n) is 9.33. The van der Waals surface area contributed by atoms with Crippen LogP contribution in [-0.2, 0) is 11.3 Å². The Balaban J connectivity index is 0.00000480. The number of amides is 1. The summed E-state index contributed by atoms with van der Waals surface area (Å²) in [5.41, 5.74) is 3.05. The number of aliphatic imine (C=N–C) groups is 1. The van der Waals surface area contributed by atoms with E-state index in [1.54, 1.807) is 31.3 Å². The molecule has 1 amide bonds. The molecule has 0 aliphatic rings. The van der Waals surface area contributed by atoms with Gasteiger partial charge in [0.05, 0.1) is 10.7 Å². The molecule has 31 heavy (non-hydrogen) atoms. The van der Waals surface area contributed by atoms with Crippen LogP contribution >= 0.6 is 35.6 Å². The lowest BCUT2D eigenvalue weighted by molar-refractivity contribution is -0.116. The number of aryl methyl sites for hydroxylation is 2. The maximum Gasteiger partial charge on any atom is 0.387 e. The minimum Gasteiger partial charge on any atom is -0.434 e. The maximum atomic E-state index is 12.6. The first-order chi connectivity index (χ1) is 14.3. The van der Waals surface area contributed by atoms with E-state index in [0.29, 0.717) is 28.8 Å². The molecule has 0 spiro atoms. The zero-order chi connectivity index (χ0) is 22.1. The molecule has 0 fully saturated rings. The number of anilines is 1. The Kier molecular flexibility index (Phi) is 11.5. The van der Waals surface area contributed by atoms with Crippen molar-refractivity contribution in [3.05, 3.63) is 58.1 Å². The molecule has 0 radical (unpaired) electrons. The van der Waals surface area contributed by atoms with Crippen LogP contribution in [-0.4, -0.2) is 32.1 Å². The van der Waals surface area contributed by atoms with E-state index in [0.717, 1.165) is 11.1 Å². The van der Waals surface area contributed by atoms with Crippen LogP contribution in [0.2, 0.25) is 5.02 Å². The molecular weight excluding hydrogens is 541 g/mol. The number of carbonyl (C=O) groups is 1. The van der Waals surface area contributed by atoms with Crippen LogP contribution in [0.4, 0.5) is 14.5 Å². The minimum absolute atomic E-state index is 0. The summed E-state index contributed by atoms with van der Waals surface area (Å²) in [6.45, 7) is 1.43. The number of ether oxygens (including phenoxy) is 1. The summed E-state index contributed by atoms with van der Waals surface area (Å²) in [7, 11) is 1.58. The van der Waals surface area contributed by atoms with Crippen molar-refractivity contribution in [2.24, 2.45) is 4.99 Å². The molecule has 3 N–H and O–H groups in total. The normalized spacial score (nSPS) is 11.0. The van der Waals surface area contributed by atoms with Crippen molar-refractivity contribution in [2.75, 3.05) is 18.9 Å². The fourth-order valence-electron chi connectivity index (χ4n) is 2.69. The van der Waals surface area contributed by atoms with Crippen LogP contribution < -0.4 is 20.7 Å². The van der Waals surface area contributed by atoms with Gasteiger partial charge in [-0.2, -0.15) is 8.78 Å². The molecule has 2 aromatic carbocycles. The van der Waals surface area contributed by atoms with Crippen molar-refractivity contribution in [3.8, 4) is 5.75 Å². The summed E-state index contributed by atoms with van der Waals surface area (Å²) >= 11 is 6.12. The van der Waals surface area contributed by atoms with Crippen molar-refractivity contribution in [3.63, 3.8) is 0 Å². The van der Waals surface area contributed by atoms with E-state index in [2.05, 4.69) is 25.7 Å². The quantitative estimate of drug-likeness (QED) is 0.242. The highest BCUT2D eigenvalue weighted by Gasteiger charge is 2.11. The predicted molar refractivity (Wildman–Crippen MR) is 131 cm³/mol. The van der Waals surface area contributed by atoms with E-state index in [1.165, 1.54) is 6.07 Å². The number of rotatable bonds is 8. The molecule has 0 heterocycles. The van der Waals surface area contributed by atoms with E-state index in [4.69, 9.17) is 11.6 Å². The van der Waals surface area contributed by atoms with Gasteiger partial charge in [0.1, 0.15) is 5.75 Å². The largest absolute Gasteiger partial charge is 0.434 e. The first kappa shape index (κ1) is 26.9. The lowest BCUT2D eigenvalue weighted by Gasteiger charge is -2.15. The molecule has 170 valence electrons. The van der Waals surface area contributed by atoms with Gasteiger partial charge in [-0.15, -0.1) is 24.0 Å². The smallest absolute Gasteiger partial charge is 0.387 e. The lowest BCUT2D eigenvalue weighted by Crippen LogP contribution is -2.38. The van der Waals surface area contributed by atoms with Gasteiger partial charge in [-0.25, -0.2) is 0 Å². The van der Waals surface area contributed by atoms with Gasteiger partial charge >= 0.3 is 6.61 Å². The molecule has 2 aromatic rings. The number of alkyl halides is 2. The van der Waals surface area contributed by atoms with E-state index >= 15 is 0 Å². The zero-order valence-corrected chi connectivity index (χ0v) is 20.6. The molecular formula is C21H26ClF2IN4O2. The molecule has 0 bridgehead atoms. The molecule has 0 aromatic heterocycles. The summed E-state index contributed by atoms with van der Waals surface area (Å²) in [5.74, 6) is 0.337. The summed E-state index contributed by atoms with van der Waals surface area (Å²) < 4.78 is 29.7. The molecule has 0 saturated carbocycles. The Bertz CT molecular complexity index is 913. The number of nitrogens with one attached hydrogen (secondary N) is 3. The van der Waals surface area contributed by atoms with E-state index < -0.39 is 6.61 Å². The number of nitrogens with zero attached hydrogens (tertiary/aromatic N) is 1. The summed E-state index contributed by atoms with van der Waals surface area (Å²) in [4.78, 5) is 16.2. The van der Waals surface area contributed by atoms with Crippen molar-refractivity contribution >= 4 is 53.1 Å². The topological polar surface area (TPSA) is 74.8 Å². The Morgan fingerprint density at radius 2 is 1.81 bits per heavy atom. The predicted octanol–water partition coefficient (Wildman–Crippen LogP) is 4.87. The second-order valence-corrected chi connectivity index (χ2v) is 7.03. The summed E-state index contributed by atoms with van der Waals surface area (Å²) in [6, 6.07) is 10.4. The van der Waals surface area contributed by atoms with Gasteiger partial charge in [0.15, 0.2) is 5.96 Å². The highest BCUT2D eigenvalue weighted by Crippen LogP contribution is 2.23. The number of benzene rings is 2. The van der Waals surface area contributed by atoms with E-state index in [-0.39, 0.29) is 48.6 Å². The minimum atomic E-state index is -2.90. The Labute approximate surface area is 202 Å². The number of hydrogen-bond acceptors (Lipinski definition) is 3.